The Kier molecular flexibility index (Phi) is 5.62. The van der Waals surface area contributed by atoms with E-state index in [1.165, 1.54) is 6.42 Å². The van der Waals surface area contributed by atoms with E-state index in [9.17, 15) is 4.79 Å². The summed E-state index contributed by atoms with van der Waals surface area (Å²) >= 11 is 0. The van der Waals surface area contributed by atoms with E-state index in [4.69, 9.17) is 4.74 Å². The third-order valence-electron chi connectivity index (χ3n) is 4.25. The number of nitrogens with zero attached hydrogens (tertiary/aromatic N) is 2. The monoisotopic (exact) mass is 290 g/mol. The quantitative estimate of drug-likeness (QED) is 0.835. The Hall–Kier alpha value is -1.55. The first-order valence-corrected chi connectivity index (χ1v) is 7.74. The normalized spacial score (nSPS) is 16.9. The van der Waals surface area contributed by atoms with Gasteiger partial charge in [-0.3, -0.25) is 9.69 Å². The van der Waals surface area contributed by atoms with Gasteiger partial charge in [0.2, 0.25) is 5.91 Å². The van der Waals surface area contributed by atoms with E-state index in [1.54, 1.807) is 7.11 Å². The molecule has 1 aromatic rings. The molecule has 0 N–H and O–H groups in total. The van der Waals surface area contributed by atoms with Gasteiger partial charge in [0, 0.05) is 19.6 Å². The number of hydrogen-bond acceptors (Lipinski definition) is 3. The summed E-state index contributed by atoms with van der Waals surface area (Å²) in [6.45, 7) is 4.57. The molecule has 1 fully saturated rings. The van der Waals surface area contributed by atoms with E-state index in [0.29, 0.717) is 0 Å². The third kappa shape index (κ3) is 4.21. The Morgan fingerprint density at radius 1 is 1.33 bits per heavy atom. The van der Waals surface area contributed by atoms with Crippen molar-refractivity contribution >= 4 is 5.91 Å². The molecule has 1 aliphatic rings. The van der Waals surface area contributed by atoms with Crippen molar-refractivity contribution in [1.29, 1.82) is 0 Å². The fraction of sp³-hybridized carbons (Fsp3) is 0.588. The minimum absolute atomic E-state index is 0.0886. The van der Waals surface area contributed by atoms with Crippen LogP contribution >= 0.6 is 0 Å². The molecule has 0 saturated carbocycles. The Labute approximate surface area is 127 Å². The molecule has 2 rings (SSSR count). The maximum absolute atomic E-state index is 12.5. The van der Waals surface area contributed by atoms with Crippen molar-refractivity contribution in [3.05, 3.63) is 29.8 Å². The topological polar surface area (TPSA) is 32.8 Å². The molecule has 0 bridgehead atoms. The van der Waals surface area contributed by atoms with Crippen LogP contribution in [0.1, 0.15) is 31.7 Å². The van der Waals surface area contributed by atoms with Gasteiger partial charge in [0.15, 0.2) is 0 Å². The first kappa shape index (κ1) is 15.8. The Bertz CT molecular complexity index is 470. The van der Waals surface area contributed by atoms with Crippen molar-refractivity contribution in [2.24, 2.45) is 0 Å². The summed E-state index contributed by atoms with van der Waals surface area (Å²) in [6, 6.07) is 7.92. The minimum Gasteiger partial charge on any atom is -0.497 e. The van der Waals surface area contributed by atoms with Crippen molar-refractivity contribution in [3.8, 4) is 5.75 Å². The van der Waals surface area contributed by atoms with Crippen LogP contribution in [0.3, 0.4) is 0 Å². The molecule has 21 heavy (non-hydrogen) atoms. The molecule has 4 nitrogen and oxygen atoms in total. The fourth-order valence-corrected chi connectivity index (χ4v) is 2.76. The van der Waals surface area contributed by atoms with Crippen LogP contribution in [0.25, 0.3) is 0 Å². The van der Waals surface area contributed by atoms with Gasteiger partial charge >= 0.3 is 0 Å². The predicted octanol–water partition coefficient (Wildman–Crippen LogP) is 2.53. The number of likely N-dealkylation sites (N-methyl/N-ethyl adjacent to an activating group) is 1. The van der Waals surface area contributed by atoms with Gasteiger partial charge in [-0.25, -0.2) is 0 Å². The van der Waals surface area contributed by atoms with E-state index >= 15 is 0 Å². The Morgan fingerprint density at radius 3 is 2.71 bits per heavy atom. The van der Waals surface area contributed by atoms with Gasteiger partial charge in [-0.2, -0.15) is 0 Å². The van der Waals surface area contributed by atoms with Gasteiger partial charge in [-0.1, -0.05) is 12.1 Å². The molecular formula is C17H26N2O2. The lowest BCUT2D eigenvalue weighted by atomic mass is 10.1. The van der Waals surface area contributed by atoms with Crippen LogP contribution in [0, 0.1) is 0 Å². The molecule has 116 valence electrons. The second-order valence-corrected chi connectivity index (χ2v) is 5.83. The smallest absolute Gasteiger partial charge is 0.239 e. The van der Waals surface area contributed by atoms with E-state index in [0.717, 1.165) is 43.8 Å². The molecule has 0 aliphatic carbocycles. The third-order valence-corrected chi connectivity index (χ3v) is 4.25. The van der Waals surface area contributed by atoms with Crippen LogP contribution in [0.2, 0.25) is 0 Å². The summed E-state index contributed by atoms with van der Waals surface area (Å²) in [4.78, 5) is 16.6. The molecule has 0 aromatic heterocycles. The highest BCUT2D eigenvalue weighted by Gasteiger charge is 2.24. The van der Waals surface area contributed by atoms with Crippen molar-refractivity contribution in [3.63, 3.8) is 0 Å². The number of amides is 1. The van der Waals surface area contributed by atoms with Gasteiger partial charge in [-0.05, 0) is 50.9 Å². The molecule has 0 spiro atoms. The molecular weight excluding hydrogens is 264 g/mol. The number of ether oxygens (including phenoxy) is 1. The SMILES string of the molecule is COc1cccc(CN(C)C(C)C(=O)N2CCCCC2)c1. The summed E-state index contributed by atoms with van der Waals surface area (Å²) in [7, 11) is 3.68. The number of hydrogen-bond donors (Lipinski definition) is 0. The number of methoxy groups -OCH3 is 1. The number of carbonyl (C=O) groups is 1. The number of rotatable bonds is 5. The second kappa shape index (κ2) is 7.46. The van der Waals surface area contributed by atoms with Crippen LogP contribution in [0.4, 0.5) is 0 Å². The largest absolute Gasteiger partial charge is 0.497 e. The number of benzene rings is 1. The lowest BCUT2D eigenvalue weighted by Gasteiger charge is -2.32. The van der Waals surface area contributed by atoms with Gasteiger partial charge in [0.1, 0.15) is 5.75 Å². The van der Waals surface area contributed by atoms with E-state index in [-0.39, 0.29) is 11.9 Å². The zero-order valence-electron chi connectivity index (χ0n) is 13.3. The second-order valence-electron chi connectivity index (χ2n) is 5.83. The Balaban J connectivity index is 1.94. The predicted molar refractivity (Wildman–Crippen MR) is 84.4 cm³/mol. The van der Waals surface area contributed by atoms with Gasteiger partial charge in [0.25, 0.3) is 0 Å². The van der Waals surface area contributed by atoms with Crippen molar-refractivity contribution in [2.75, 3.05) is 27.2 Å². The number of carbonyl (C=O) groups excluding carboxylic acids is 1. The average Bonchev–Trinajstić information content (AvgIpc) is 2.54. The molecule has 1 saturated heterocycles. The van der Waals surface area contributed by atoms with Crippen LogP contribution < -0.4 is 4.74 Å². The van der Waals surface area contributed by atoms with Gasteiger partial charge in [-0.15, -0.1) is 0 Å². The standard InChI is InChI=1S/C17H26N2O2/c1-14(17(20)19-10-5-4-6-11-19)18(2)13-15-8-7-9-16(12-15)21-3/h7-9,12,14H,4-6,10-11,13H2,1-3H3. The average molecular weight is 290 g/mol. The highest BCUT2D eigenvalue weighted by atomic mass is 16.5. The number of likely N-dealkylation sites (tertiary alicyclic amines) is 1. The van der Waals surface area contributed by atoms with Crippen LogP contribution in [-0.2, 0) is 11.3 Å². The zero-order valence-corrected chi connectivity index (χ0v) is 13.3. The van der Waals surface area contributed by atoms with Crippen molar-refractivity contribution < 1.29 is 9.53 Å². The van der Waals surface area contributed by atoms with E-state index < -0.39 is 0 Å². The van der Waals surface area contributed by atoms with Crippen molar-refractivity contribution in [1.82, 2.24) is 9.80 Å². The molecule has 1 aliphatic heterocycles. The fourth-order valence-electron chi connectivity index (χ4n) is 2.76. The first-order chi connectivity index (χ1) is 10.1. The first-order valence-electron chi connectivity index (χ1n) is 7.74. The molecule has 0 radical (unpaired) electrons. The van der Waals surface area contributed by atoms with Crippen LogP contribution in [-0.4, -0.2) is 49.0 Å². The molecule has 1 heterocycles. The summed E-state index contributed by atoms with van der Waals surface area (Å²) in [6.07, 6.45) is 3.52. The lowest BCUT2D eigenvalue weighted by Crippen LogP contribution is -2.47. The van der Waals surface area contributed by atoms with Gasteiger partial charge in [0.05, 0.1) is 13.2 Å². The maximum Gasteiger partial charge on any atom is 0.239 e. The highest BCUT2D eigenvalue weighted by Crippen LogP contribution is 2.16. The van der Waals surface area contributed by atoms with Crippen LogP contribution in [0.5, 0.6) is 5.75 Å². The molecule has 1 atom stereocenters. The van der Waals surface area contributed by atoms with Crippen molar-refractivity contribution in [2.45, 2.75) is 38.8 Å². The van der Waals surface area contributed by atoms with E-state index in [2.05, 4.69) is 11.0 Å². The zero-order chi connectivity index (χ0) is 15.2. The van der Waals surface area contributed by atoms with E-state index in [1.807, 2.05) is 37.1 Å². The summed E-state index contributed by atoms with van der Waals surface area (Å²) in [5.74, 6) is 1.11. The molecule has 1 unspecified atom stereocenters. The summed E-state index contributed by atoms with van der Waals surface area (Å²) < 4.78 is 5.25. The molecule has 4 heteroatoms. The maximum atomic E-state index is 12.5. The number of piperidine rings is 1. The lowest BCUT2D eigenvalue weighted by molar-refractivity contribution is -0.137. The molecule has 1 aromatic carbocycles. The summed E-state index contributed by atoms with van der Waals surface area (Å²) in [5.41, 5.74) is 1.16. The van der Waals surface area contributed by atoms with Crippen LogP contribution in [0.15, 0.2) is 24.3 Å². The highest BCUT2D eigenvalue weighted by molar-refractivity contribution is 5.81. The molecule has 1 amide bonds. The van der Waals surface area contributed by atoms with Gasteiger partial charge < -0.3 is 9.64 Å². The Morgan fingerprint density at radius 2 is 2.05 bits per heavy atom. The minimum atomic E-state index is -0.0886. The summed E-state index contributed by atoms with van der Waals surface area (Å²) in [5, 5.41) is 0.